The van der Waals surface area contributed by atoms with Crippen LogP contribution in [0.5, 0.6) is 0 Å². The lowest BCUT2D eigenvalue weighted by atomic mass is 9.99. The van der Waals surface area contributed by atoms with E-state index in [9.17, 15) is 4.79 Å². The molecule has 0 aliphatic carbocycles. The van der Waals surface area contributed by atoms with E-state index in [-0.39, 0.29) is 11.8 Å². The first-order valence-electron chi connectivity index (χ1n) is 9.67. The van der Waals surface area contributed by atoms with Crippen LogP contribution in [0.15, 0.2) is 18.2 Å². The maximum absolute atomic E-state index is 12.7. The Morgan fingerprint density at radius 2 is 2.11 bits per heavy atom. The first-order valence-corrected chi connectivity index (χ1v) is 9.67. The highest BCUT2D eigenvalue weighted by molar-refractivity contribution is 5.94. The van der Waals surface area contributed by atoms with Gasteiger partial charge >= 0.3 is 0 Å². The smallest absolute Gasteiger partial charge is 0.227 e. The first-order chi connectivity index (χ1) is 12.9. The molecule has 0 bridgehead atoms. The molecule has 2 aromatic heterocycles. The fourth-order valence-electron chi connectivity index (χ4n) is 3.38. The van der Waals surface area contributed by atoms with Crippen LogP contribution in [0.1, 0.15) is 49.5 Å². The third-order valence-electron chi connectivity index (χ3n) is 5.18. The third-order valence-corrected chi connectivity index (χ3v) is 5.18. The first kappa shape index (κ1) is 19.1. The number of aromatic nitrogens is 4. The van der Waals surface area contributed by atoms with E-state index < -0.39 is 0 Å². The largest absolute Gasteiger partial charge is 0.342 e. The zero-order valence-corrected chi connectivity index (χ0v) is 16.9. The van der Waals surface area contributed by atoms with Gasteiger partial charge in [0.1, 0.15) is 5.82 Å². The van der Waals surface area contributed by atoms with Crippen molar-refractivity contribution in [3.63, 3.8) is 0 Å². The molecule has 2 heterocycles. The van der Waals surface area contributed by atoms with Crippen molar-refractivity contribution in [2.75, 3.05) is 5.32 Å². The van der Waals surface area contributed by atoms with Crippen LogP contribution in [0, 0.1) is 19.8 Å². The Labute approximate surface area is 160 Å². The molecule has 0 aliphatic rings. The van der Waals surface area contributed by atoms with Gasteiger partial charge in [-0.2, -0.15) is 5.10 Å². The van der Waals surface area contributed by atoms with Crippen molar-refractivity contribution < 1.29 is 4.79 Å². The van der Waals surface area contributed by atoms with E-state index in [1.54, 1.807) is 0 Å². The number of nitrogens with zero attached hydrogens (tertiary/aromatic N) is 3. The lowest BCUT2D eigenvalue weighted by molar-refractivity contribution is -0.119. The second kappa shape index (κ2) is 7.94. The highest BCUT2D eigenvalue weighted by Gasteiger charge is 2.19. The van der Waals surface area contributed by atoms with E-state index in [0.717, 1.165) is 58.8 Å². The molecule has 3 aromatic rings. The number of amides is 1. The average Bonchev–Trinajstić information content (AvgIpc) is 3.14. The Morgan fingerprint density at radius 3 is 2.78 bits per heavy atom. The number of hydrogen-bond acceptors (Lipinski definition) is 3. The van der Waals surface area contributed by atoms with E-state index in [0.29, 0.717) is 6.42 Å². The number of carbonyl (C=O) groups is 1. The second-order valence-corrected chi connectivity index (χ2v) is 7.39. The van der Waals surface area contributed by atoms with Crippen molar-refractivity contribution in [2.45, 2.75) is 53.4 Å². The van der Waals surface area contributed by atoms with E-state index in [4.69, 9.17) is 0 Å². The summed E-state index contributed by atoms with van der Waals surface area (Å²) in [6.45, 7) is 8.17. The molecule has 0 saturated heterocycles. The summed E-state index contributed by atoms with van der Waals surface area (Å²) < 4.78 is 1.87. The molecule has 1 atom stereocenters. The summed E-state index contributed by atoms with van der Waals surface area (Å²) in [5.41, 5.74) is 5.97. The molecule has 1 aromatic carbocycles. The number of H-pyrrole nitrogens is 1. The molecule has 0 unspecified atom stereocenters. The summed E-state index contributed by atoms with van der Waals surface area (Å²) in [4.78, 5) is 20.6. The van der Waals surface area contributed by atoms with Crippen LogP contribution >= 0.6 is 0 Å². The van der Waals surface area contributed by atoms with Crippen molar-refractivity contribution in [3.05, 3.63) is 41.0 Å². The summed E-state index contributed by atoms with van der Waals surface area (Å²) in [6.07, 6.45) is 3.90. The number of carbonyl (C=O) groups excluding carboxylic acids is 1. The predicted octanol–water partition coefficient (Wildman–Crippen LogP) is 4.07. The summed E-state index contributed by atoms with van der Waals surface area (Å²) in [6, 6.07) is 5.83. The predicted molar refractivity (Wildman–Crippen MR) is 109 cm³/mol. The average molecular weight is 367 g/mol. The molecule has 6 heteroatoms. The van der Waals surface area contributed by atoms with Gasteiger partial charge in [-0.3, -0.25) is 9.48 Å². The molecular formula is C21H29N5O. The number of fused-ring (bicyclic) bond motifs is 1. The van der Waals surface area contributed by atoms with Crippen LogP contribution in [-0.2, 0) is 24.7 Å². The normalized spacial score (nSPS) is 12.5. The standard InChI is InChI=1S/C21H29N5O/c1-6-7-8-20-23-18-10-9-16(12-19(18)24-20)22-21(27)13(2)11-17-14(3)25-26(5)15(17)4/h9-10,12-13H,6-8,11H2,1-5H3,(H,22,27)(H,23,24)/t13-/m1/s1. The number of benzene rings is 1. The van der Waals surface area contributed by atoms with Gasteiger partial charge in [0, 0.05) is 30.8 Å². The molecule has 2 N–H and O–H groups in total. The zero-order chi connectivity index (χ0) is 19.6. The minimum Gasteiger partial charge on any atom is -0.342 e. The van der Waals surface area contributed by atoms with Crippen molar-refractivity contribution in [1.82, 2.24) is 19.7 Å². The highest BCUT2D eigenvalue weighted by Crippen LogP contribution is 2.21. The number of aryl methyl sites for hydroxylation is 3. The van der Waals surface area contributed by atoms with E-state index >= 15 is 0 Å². The van der Waals surface area contributed by atoms with Crippen LogP contribution in [-0.4, -0.2) is 25.7 Å². The Bertz CT molecular complexity index is 953. The number of rotatable bonds is 7. The van der Waals surface area contributed by atoms with Crippen LogP contribution in [0.3, 0.4) is 0 Å². The topological polar surface area (TPSA) is 75.6 Å². The number of imidazole rings is 1. The fourth-order valence-corrected chi connectivity index (χ4v) is 3.38. The van der Waals surface area contributed by atoms with Gasteiger partial charge in [-0.15, -0.1) is 0 Å². The molecule has 144 valence electrons. The van der Waals surface area contributed by atoms with Gasteiger partial charge in [-0.1, -0.05) is 20.3 Å². The lowest BCUT2D eigenvalue weighted by Gasteiger charge is -2.12. The van der Waals surface area contributed by atoms with E-state index in [1.165, 1.54) is 0 Å². The molecule has 0 fully saturated rings. The van der Waals surface area contributed by atoms with Gasteiger partial charge in [0.05, 0.1) is 16.7 Å². The van der Waals surface area contributed by atoms with Crippen molar-refractivity contribution in [1.29, 1.82) is 0 Å². The fraction of sp³-hybridized carbons (Fsp3) is 0.476. The van der Waals surface area contributed by atoms with Crippen molar-refractivity contribution >= 4 is 22.6 Å². The van der Waals surface area contributed by atoms with Gasteiger partial charge in [-0.05, 0) is 50.5 Å². The van der Waals surface area contributed by atoms with Gasteiger partial charge < -0.3 is 10.3 Å². The van der Waals surface area contributed by atoms with E-state index in [1.807, 2.05) is 50.7 Å². The number of hydrogen-bond donors (Lipinski definition) is 2. The Morgan fingerprint density at radius 1 is 1.33 bits per heavy atom. The number of unbranched alkanes of at least 4 members (excludes halogenated alkanes) is 1. The molecule has 0 spiro atoms. The maximum atomic E-state index is 12.7. The quantitative estimate of drug-likeness (QED) is 0.661. The molecule has 0 aliphatic heterocycles. The third kappa shape index (κ3) is 4.21. The Kier molecular flexibility index (Phi) is 5.63. The van der Waals surface area contributed by atoms with Crippen molar-refractivity contribution in [3.8, 4) is 0 Å². The summed E-state index contributed by atoms with van der Waals surface area (Å²) in [5.74, 6) is 0.887. The molecule has 1 amide bonds. The molecule has 6 nitrogen and oxygen atoms in total. The van der Waals surface area contributed by atoms with Gasteiger partial charge in [-0.25, -0.2) is 4.98 Å². The zero-order valence-electron chi connectivity index (χ0n) is 16.9. The van der Waals surface area contributed by atoms with Crippen LogP contribution < -0.4 is 5.32 Å². The van der Waals surface area contributed by atoms with Crippen LogP contribution in [0.4, 0.5) is 5.69 Å². The minimum atomic E-state index is -0.135. The molecule has 3 rings (SSSR count). The molecule has 0 radical (unpaired) electrons. The number of aromatic amines is 1. The maximum Gasteiger partial charge on any atom is 0.227 e. The lowest BCUT2D eigenvalue weighted by Crippen LogP contribution is -2.22. The second-order valence-electron chi connectivity index (χ2n) is 7.39. The van der Waals surface area contributed by atoms with E-state index in [2.05, 4.69) is 27.3 Å². The Balaban J connectivity index is 1.69. The van der Waals surface area contributed by atoms with Gasteiger partial charge in [0.15, 0.2) is 0 Å². The van der Waals surface area contributed by atoms with Gasteiger partial charge in [0.25, 0.3) is 0 Å². The molecule has 0 saturated carbocycles. The molecular weight excluding hydrogens is 338 g/mol. The monoisotopic (exact) mass is 367 g/mol. The minimum absolute atomic E-state index is 0.0164. The highest BCUT2D eigenvalue weighted by atomic mass is 16.1. The molecule has 27 heavy (non-hydrogen) atoms. The summed E-state index contributed by atoms with van der Waals surface area (Å²) in [5, 5.41) is 7.48. The number of anilines is 1. The number of nitrogens with one attached hydrogen (secondary N) is 2. The summed E-state index contributed by atoms with van der Waals surface area (Å²) >= 11 is 0. The SMILES string of the molecule is CCCCc1nc2ccc(NC(=O)[C@H](C)Cc3c(C)nn(C)c3C)cc2[nH]1. The summed E-state index contributed by atoms with van der Waals surface area (Å²) in [7, 11) is 1.94. The van der Waals surface area contributed by atoms with Gasteiger partial charge in [0.2, 0.25) is 5.91 Å². The Hall–Kier alpha value is -2.63. The van der Waals surface area contributed by atoms with Crippen LogP contribution in [0.2, 0.25) is 0 Å². The van der Waals surface area contributed by atoms with Crippen LogP contribution in [0.25, 0.3) is 11.0 Å². The van der Waals surface area contributed by atoms with Crippen molar-refractivity contribution in [2.24, 2.45) is 13.0 Å².